The summed E-state index contributed by atoms with van der Waals surface area (Å²) in [7, 11) is 3.20. The summed E-state index contributed by atoms with van der Waals surface area (Å²) in [6.45, 7) is 1.67. The summed E-state index contributed by atoms with van der Waals surface area (Å²) in [5, 5.41) is 0. The maximum Gasteiger partial charge on any atom is 0.222 e. The predicted octanol–water partition coefficient (Wildman–Crippen LogP) is 3.89. The molecule has 32 heavy (non-hydrogen) atoms. The molecule has 2 heterocycles. The quantitative estimate of drug-likeness (QED) is 0.610. The number of ketones is 1. The highest BCUT2D eigenvalue weighted by atomic mass is 16.5. The van der Waals surface area contributed by atoms with Gasteiger partial charge in [-0.1, -0.05) is 0 Å². The Balaban J connectivity index is 1.24. The maximum absolute atomic E-state index is 12.7. The van der Waals surface area contributed by atoms with Crippen molar-refractivity contribution in [1.82, 2.24) is 4.90 Å². The standard InChI is InChI=1S/C25H29NO6/c1-29-18-5-7-19(8-6-18)31-15-3-4-24(28)26-13-11-25(12-14-26)17-22(27)21-16-20(30-2)9-10-23(21)32-25/h5-10,16H,3-4,11-15,17H2,1-2H3. The number of rotatable bonds is 7. The van der Waals surface area contributed by atoms with Gasteiger partial charge in [0, 0.05) is 32.4 Å². The van der Waals surface area contributed by atoms with Crippen molar-refractivity contribution in [2.24, 2.45) is 0 Å². The number of Topliss-reactive ketones (excluding diaryl/α,β-unsaturated/α-hetero) is 1. The number of carbonyl (C=O) groups excluding carboxylic acids is 2. The first-order chi connectivity index (χ1) is 15.5. The first-order valence-electron chi connectivity index (χ1n) is 11.0. The van der Waals surface area contributed by atoms with Crippen molar-refractivity contribution < 1.29 is 28.5 Å². The number of piperidine rings is 1. The van der Waals surface area contributed by atoms with Crippen LogP contribution in [0.2, 0.25) is 0 Å². The van der Waals surface area contributed by atoms with E-state index in [9.17, 15) is 9.59 Å². The number of ether oxygens (including phenoxy) is 4. The number of benzene rings is 2. The van der Waals surface area contributed by atoms with E-state index in [1.54, 1.807) is 32.4 Å². The van der Waals surface area contributed by atoms with Crippen LogP contribution in [0.25, 0.3) is 0 Å². The molecule has 170 valence electrons. The van der Waals surface area contributed by atoms with E-state index < -0.39 is 5.60 Å². The molecule has 1 fully saturated rings. The van der Waals surface area contributed by atoms with E-state index in [0.717, 1.165) is 11.5 Å². The first-order valence-corrected chi connectivity index (χ1v) is 11.0. The van der Waals surface area contributed by atoms with Crippen molar-refractivity contribution in [2.45, 2.75) is 37.7 Å². The summed E-state index contributed by atoms with van der Waals surface area (Å²) >= 11 is 0. The Kier molecular flexibility index (Phi) is 6.53. The molecule has 2 aromatic carbocycles. The van der Waals surface area contributed by atoms with E-state index in [4.69, 9.17) is 18.9 Å². The van der Waals surface area contributed by atoms with E-state index in [2.05, 4.69) is 0 Å². The van der Waals surface area contributed by atoms with Gasteiger partial charge < -0.3 is 23.8 Å². The summed E-state index contributed by atoms with van der Waals surface area (Å²) in [6.07, 6.45) is 2.73. The largest absolute Gasteiger partial charge is 0.497 e. The highest BCUT2D eigenvalue weighted by Crippen LogP contribution is 2.40. The zero-order valence-electron chi connectivity index (χ0n) is 18.6. The Morgan fingerprint density at radius 3 is 2.34 bits per heavy atom. The van der Waals surface area contributed by atoms with Crippen molar-refractivity contribution in [3.8, 4) is 23.0 Å². The van der Waals surface area contributed by atoms with Gasteiger partial charge in [-0.3, -0.25) is 9.59 Å². The average Bonchev–Trinajstić information content (AvgIpc) is 2.82. The van der Waals surface area contributed by atoms with E-state index in [1.165, 1.54) is 0 Å². The lowest BCUT2D eigenvalue weighted by atomic mass is 9.82. The second kappa shape index (κ2) is 9.51. The fourth-order valence-corrected chi connectivity index (χ4v) is 4.29. The SMILES string of the molecule is COc1ccc(OCCCC(=O)N2CCC3(CC2)CC(=O)c2cc(OC)ccc2O3)cc1. The van der Waals surface area contributed by atoms with Gasteiger partial charge in [0.15, 0.2) is 5.78 Å². The zero-order valence-corrected chi connectivity index (χ0v) is 18.6. The normalized spacial score (nSPS) is 16.8. The van der Waals surface area contributed by atoms with Crippen LogP contribution in [0.5, 0.6) is 23.0 Å². The molecular weight excluding hydrogens is 410 g/mol. The molecule has 2 aliphatic rings. The Hall–Kier alpha value is -3.22. The van der Waals surface area contributed by atoms with Crippen molar-refractivity contribution in [3.05, 3.63) is 48.0 Å². The molecule has 1 saturated heterocycles. The Labute approximate surface area is 188 Å². The number of methoxy groups -OCH3 is 2. The van der Waals surface area contributed by atoms with Gasteiger partial charge in [0.2, 0.25) is 5.91 Å². The van der Waals surface area contributed by atoms with E-state index in [-0.39, 0.29) is 11.7 Å². The molecule has 0 aliphatic carbocycles. The number of fused-ring (bicyclic) bond motifs is 1. The minimum Gasteiger partial charge on any atom is -0.497 e. The molecule has 0 bridgehead atoms. The van der Waals surface area contributed by atoms with Crippen LogP contribution in [0.1, 0.15) is 42.5 Å². The molecule has 0 atom stereocenters. The Morgan fingerprint density at radius 2 is 1.66 bits per heavy atom. The highest BCUT2D eigenvalue weighted by Gasteiger charge is 2.43. The van der Waals surface area contributed by atoms with Crippen molar-refractivity contribution in [2.75, 3.05) is 33.9 Å². The number of likely N-dealkylation sites (tertiary alicyclic amines) is 1. The maximum atomic E-state index is 12.7. The van der Waals surface area contributed by atoms with Gasteiger partial charge in [-0.15, -0.1) is 0 Å². The third-order valence-corrected chi connectivity index (χ3v) is 6.19. The monoisotopic (exact) mass is 439 g/mol. The van der Waals surface area contributed by atoms with Crippen LogP contribution < -0.4 is 18.9 Å². The van der Waals surface area contributed by atoms with Crippen LogP contribution in [0, 0.1) is 0 Å². The van der Waals surface area contributed by atoms with Crippen LogP contribution in [-0.2, 0) is 4.79 Å². The van der Waals surface area contributed by atoms with Gasteiger partial charge in [0.25, 0.3) is 0 Å². The van der Waals surface area contributed by atoms with Crippen LogP contribution in [0.15, 0.2) is 42.5 Å². The molecule has 0 radical (unpaired) electrons. The topological polar surface area (TPSA) is 74.3 Å². The lowest BCUT2D eigenvalue weighted by molar-refractivity contribution is -0.135. The average molecular weight is 440 g/mol. The molecule has 2 aliphatic heterocycles. The number of amides is 1. The van der Waals surface area contributed by atoms with Crippen molar-refractivity contribution >= 4 is 11.7 Å². The van der Waals surface area contributed by atoms with E-state index >= 15 is 0 Å². The number of hydrogen-bond acceptors (Lipinski definition) is 6. The predicted molar refractivity (Wildman–Crippen MR) is 119 cm³/mol. The van der Waals surface area contributed by atoms with Crippen molar-refractivity contribution in [3.63, 3.8) is 0 Å². The van der Waals surface area contributed by atoms with Crippen LogP contribution in [0.3, 0.4) is 0 Å². The molecule has 4 rings (SSSR count). The van der Waals surface area contributed by atoms with E-state index in [0.29, 0.717) is 68.9 Å². The van der Waals surface area contributed by atoms with E-state index in [1.807, 2.05) is 29.2 Å². The third kappa shape index (κ3) is 4.82. The molecule has 1 amide bonds. The number of hydrogen-bond donors (Lipinski definition) is 0. The molecule has 2 aromatic rings. The van der Waals surface area contributed by atoms with Gasteiger partial charge in [-0.25, -0.2) is 0 Å². The van der Waals surface area contributed by atoms with Gasteiger partial charge in [0.1, 0.15) is 28.6 Å². The summed E-state index contributed by atoms with van der Waals surface area (Å²) in [5.41, 5.74) is 0.0535. The van der Waals surface area contributed by atoms with Crippen molar-refractivity contribution in [1.29, 1.82) is 0 Å². The first kappa shape index (κ1) is 22.0. The second-order valence-electron chi connectivity index (χ2n) is 8.26. The highest BCUT2D eigenvalue weighted by molar-refractivity contribution is 6.00. The minimum atomic E-state index is -0.521. The molecule has 0 N–H and O–H groups in total. The van der Waals surface area contributed by atoms with Gasteiger partial charge >= 0.3 is 0 Å². The second-order valence-corrected chi connectivity index (χ2v) is 8.26. The molecular formula is C25H29NO6. The number of carbonyl (C=O) groups is 2. The molecule has 7 heteroatoms. The summed E-state index contributed by atoms with van der Waals surface area (Å²) < 4.78 is 22.3. The smallest absolute Gasteiger partial charge is 0.222 e. The summed E-state index contributed by atoms with van der Waals surface area (Å²) in [4.78, 5) is 27.2. The molecule has 1 spiro atoms. The Bertz CT molecular complexity index is 963. The fourth-order valence-electron chi connectivity index (χ4n) is 4.29. The van der Waals surface area contributed by atoms with Crippen LogP contribution in [0.4, 0.5) is 0 Å². The third-order valence-electron chi connectivity index (χ3n) is 6.19. The van der Waals surface area contributed by atoms with Gasteiger partial charge in [-0.05, 0) is 48.9 Å². The van der Waals surface area contributed by atoms with Crippen LogP contribution >= 0.6 is 0 Å². The van der Waals surface area contributed by atoms with Crippen LogP contribution in [-0.4, -0.2) is 56.1 Å². The molecule has 7 nitrogen and oxygen atoms in total. The Morgan fingerprint density at radius 1 is 1.00 bits per heavy atom. The molecule has 0 unspecified atom stereocenters. The summed E-state index contributed by atoms with van der Waals surface area (Å²) in [6, 6.07) is 12.7. The minimum absolute atomic E-state index is 0.0700. The molecule has 0 saturated carbocycles. The van der Waals surface area contributed by atoms with Gasteiger partial charge in [-0.2, -0.15) is 0 Å². The lowest BCUT2D eigenvalue weighted by Gasteiger charge is -2.44. The van der Waals surface area contributed by atoms with Gasteiger partial charge in [0.05, 0.1) is 32.8 Å². The lowest BCUT2D eigenvalue weighted by Crippen LogP contribution is -2.52. The summed E-state index contributed by atoms with van der Waals surface area (Å²) in [5.74, 6) is 2.98. The zero-order chi connectivity index (χ0) is 22.6. The number of nitrogens with zero attached hydrogens (tertiary/aromatic N) is 1. The molecule has 0 aromatic heterocycles. The fraction of sp³-hybridized carbons (Fsp3) is 0.440.